The number of primary amides is 1. The Labute approximate surface area is 130 Å². The molecule has 2 aromatic rings. The van der Waals surface area contributed by atoms with E-state index in [1.54, 1.807) is 6.92 Å². The number of esters is 1. The Morgan fingerprint density at radius 3 is 2.61 bits per heavy atom. The highest BCUT2D eigenvalue weighted by molar-refractivity contribution is 6.12. The van der Waals surface area contributed by atoms with Gasteiger partial charge in [0, 0.05) is 12.4 Å². The van der Waals surface area contributed by atoms with E-state index in [9.17, 15) is 14.4 Å². The van der Waals surface area contributed by atoms with Gasteiger partial charge in [0.05, 0.1) is 12.8 Å². The highest BCUT2D eigenvalue weighted by atomic mass is 16.5. The van der Waals surface area contributed by atoms with E-state index in [1.807, 2.05) is 0 Å². The molecular weight excluding hydrogens is 304 g/mol. The summed E-state index contributed by atoms with van der Waals surface area (Å²) in [5.74, 6) is -2.49. The summed E-state index contributed by atoms with van der Waals surface area (Å²) in [6, 6.07) is 0. The van der Waals surface area contributed by atoms with Crippen molar-refractivity contribution in [2.24, 2.45) is 5.73 Å². The number of carbonyl (C=O) groups excluding carboxylic acids is 3. The average Bonchev–Trinajstić information content (AvgIpc) is 2.84. The number of hydrogen-bond donors (Lipinski definition) is 2. The van der Waals surface area contributed by atoms with Gasteiger partial charge >= 0.3 is 5.97 Å². The number of nitrogens with zero attached hydrogens (tertiary/aromatic N) is 2. The molecule has 0 saturated carbocycles. The largest absolute Gasteiger partial charge is 0.462 e. The van der Waals surface area contributed by atoms with Gasteiger partial charge in [0.15, 0.2) is 0 Å². The number of nitrogens with one attached hydrogen (secondary N) is 1. The van der Waals surface area contributed by atoms with Crippen molar-refractivity contribution in [2.75, 3.05) is 11.9 Å². The standard InChI is InChI=1S/C14H14N4O5/c1-3-22-14(21)9-7(2)23-13(10(9)11(15)19)18-12(20)8-6-16-4-5-17-8/h4-6H,3H2,1-2H3,(H2,15,19)(H,18,20). The number of furan rings is 1. The zero-order valence-corrected chi connectivity index (χ0v) is 12.5. The summed E-state index contributed by atoms with van der Waals surface area (Å²) in [5.41, 5.74) is 4.93. The monoisotopic (exact) mass is 318 g/mol. The normalized spacial score (nSPS) is 10.2. The van der Waals surface area contributed by atoms with Gasteiger partial charge in [-0.15, -0.1) is 0 Å². The average molecular weight is 318 g/mol. The first-order valence-electron chi connectivity index (χ1n) is 6.63. The summed E-state index contributed by atoms with van der Waals surface area (Å²) in [7, 11) is 0. The summed E-state index contributed by atoms with van der Waals surface area (Å²) in [5, 5.41) is 2.35. The molecule has 9 heteroatoms. The summed E-state index contributed by atoms with van der Waals surface area (Å²) in [6.07, 6.45) is 3.98. The van der Waals surface area contributed by atoms with Crippen molar-refractivity contribution >= 4 is 23.7 Å². The second kappa shape index (κ2) is 6.69. The van der Waals surface area contributed by atoms with Gasteiger partial charge < -0.3 is 14.9 Å². The maximum atomic E-state index is 12.1. The van der Waals surface area contributed by atoms with Gasteiger partial charge in [-0.25, -0.2) is 9.78 Å². The van der Waals surface area contributed by atoms with Crippen LogP contribution >= 0.6 is 0 Å². The lowest BCUT2D eigenvalue weighted by Crippen LogP contribution is -2.20. The zero-order chi connectivity index (χ0) is 17.0. The van der Waals surface area contributed by atoms with Crippen LogP contribution in [0.1, 0.15) is 43.9 Å². The van der Waals surface area contributed by atoms with Gasteiger partial charge in [0.1, 0.15) is 22.6 Å². The molecule has 9 nitrogen and oxygen atoms in total. The number of nitrogens with two attached hydrogens (primary N) is 1. The molecule has 2 aromatic heterocycles. The predicted octanol–water partition coefficient (Wildman–Crippen LogP) is 0.906. The third-order valence-corrected chi connectivity index (χ3v) is 2.83. The highest BCUT2D eigenvalue weighted by Gasteiger charge is 2.29. The third-order valence-electron chi connectivity index (χ3n) is 2.83. The molecule has 0 atom stereocenters. The molecule has 0 unspecified atom stereocenters. The minimum absolute atomic E-state index is 0.00894. The van der Waals surface area contributed by atoms with E-state index in [0.717, 1.165) is 0 Å². The molecule has 0 spiro atoms. The van der Waals surface area contributed by atoms with Crippen LogP contribution in [0.25, 0.3) is 0 Å². The lowest BCUT2D eigenvalue weighted by Gasteiger charge is -2.04. The van der Waals surface area contributed by atoms with Crippen molar-refractivity contribution in [1.82, 2.24) is 9.97 Å². The molecule has 0 fully saturated rings. The summed E-state index contributed by atoms with van der Waals surface area (Å²) >= 11 is 0. The Kier molecular flexibility index (Phi) is 4.69. The topological polar surface area (TPSA) is 137 Å². The lowest BCUT2D eigenvalue weighted by atomic mass is 10.1. The van der Waals surface area contributed by atoms with E-state index in [-0.39, 0.29) is 35.1 Å². The maximum Gasteiger partial charge on any atom is 0.342 e. The van der Waals surface area contributed by atoms with Crippen molar-refractivity contribution in [2.45, 2.75) is 13.8 Å². The Hall–Kier alpha value is -3.23. The van der Waals surface area contributed by atoms with Crippen LogP contribution in [0.3, 0.4) is 0 Å². The molecule has 2 amide bonds. The Bertz CT molecular complexity index is 754. The minimum Gasteiger partial charge on any atom is -0.462 e. The maximum absolute atomic E-state index is 12.1. The zero-order valence-electron chi connectivity index (χ0n) is 12.5. The third kappa shape index (κ3) is 3.34. The number of hydrogen-bond acceptors (Lipinski definition) is 7. The van der Waals surface area contributed by atoms with Crippen LogP contribution in [-0.4, -0.2) is 34.4 Å². The van der Waals surface area contributed by atoms with Crippen LogP contribution < -0.4 is 11.1 Å². The Morgan fingerprint density at radius 2 is 2.04 bits per heavy atom. The first kappa shape index (κ1) is 16.1. The van der Waals surface area contributed by atoms with Gasteiger partial charge in [-0.2, -0.15) is 0 Å². The van der Waals surface area contributed by atoms with Crippen molar-refractivity contribution in [3.05, 3.63) is 41.2 Å². The molecule has 2 rings (SSSR count). The van der Waals surface area contributed by atoms with Crippen LogP contribution in [0.2, 0.25) is 0 Å². The van der Waals surface area contributed by atoms with Crippen LogP contribution in [0.4, 0.5) is 5.88 Å². The van der Waals surface area contributed by atoms with E-state index >= 15 is 0 Å². The van der Waals surface area contributed by atoms with Crippen molar-refractivity contribution in [3.63, 3.8) is 0 Å². The number of carbonyl (C=O) groups is 3. The van der Waals surface area contributed by atoms with Crippen LogP contribution in [0.5, 0.6) is 0 Å². The van der Waals surface area contributed by atoms with Gasteiger partial charge in [-0.05, 0) is 13.8 Å². The molecule has 0 aliphatic heterocycles. The molecule has 23 heavy (non-hydrogen) atoms. The molecule has 120 valence electrons. The molecule has 0 bridgehead atoms. The van der Waals surface area contributed by atoms with Crippen molar-refractivity contribution in [1.29, 1.82) is 0 Å². The SMILES string of the molecule is CCOC(=O)c1c(C)oc(NC(=O)c2cnccn2)c1C(N)=O. The number of rotatable bonds is 5. The second-order valence-corrected chi connectivity index (χ2v) is 4.37. The van der Waals surface area contributed by atoms with E-state index < -0.39 is 17.8 Å². The van der Waals surface area contributed by atoms with Crippen LogP contribution in [0.15, 0.2) is 23.0 Å². The van der Waals surface area contributed by atoms with E-state index in [0.29, 0.717) is 0 Å². The summed E-state index contributed by atoms with van der Waals surface area (Å²) in [4.78, 5) is 43.2. The molecule has 3 N–H and O–H groups in total. The molecule has 0 radical (unpaired) electrons. The Morgan fingerprint density at radius 1 is 1.30 bits per heavy atom. The second-order valence-electron chi connectivity index (χ2n) is 4.37. The van der Waals surface area contributed by atoms with Crippen molar-refractivity contribution < 1.29 is 23.5 Å². The van der Waals surface area contributed by atoms with E-state index in [1.165, 1.54) is 25.5 Å². The summed E-state index contributed by atoms with van der Waals surface area (Å²) < 4.78 is 10.1. The van der Waals surface area contributed by atoms with E-state index in [2.05, 4.69) is 15.3 Å². The highest BCUT2D eigenvalue weighted by Crippen LogP contribution is 2.27. The van der Waals surface area contributed by atoms with Gasteiger partial charge in [0.25, 0.3) is 11.8 Å². The molecule has 0 aliphatic rings. The molecule has 0 saturated heterocycles. The minimum atomic E-state index is -0.931. The number of aromatic nitrogens is 2. The molecule has 0 aromatic carbocycles. The number of amides is 2. The molecular formula is C14H14N4O5. The fourth-order valence-electron chi connectivity index (χ4n) is 1.90. The molecule has 2 heterocycles. The summed E-state index contributed by atoms with van der Waals surface area (Å²) in [6.45, 7) is 3.19. The van der Waals surface area contributed by atoms with Gasteiger partial charge in [-0.3, -0.25) is 19.9 Å². The van der Waals surface area contributed by atoms with E-state index in [4.69, 9.17) is 14.9 Å². The lowest BCUT2D eigenvalue weighted by molar-refractivity contribution is 0.0521. The van der Waals surface area contributed by atoms with Gasteiger partial charge in [-0.1, -0.05) is 0 Å². The number of aryl methyl sites for hydroxylation is 1. The predicted molar refractivity (Wildman–Crippen MR) is 77.9 cm³/mol. The number of anilines is 1. The quantitative estimate of drug-likeness (QED) is 0.781. The molecule has 0 aliphatic carbocycles. The smallest absolute Gasteiger partial charge is 0.342 e. The number of ether oxygens (including phenoxy) is 1. The first-order valence-corrected chi connectivity index (χ1v) is 6.63. The first-order chi connectivity index (χ1) is 11.0. The van der Waals surface area contributed by atoms with Gasteiger partial charge in [0.2, 0.25) is 5.88 Å². The fourth-order valence-corrected chi connectivity index (χ4v) is 1.90. The Balaban J connectivity index is 2.39. The van der Waals surface area contributed by atoms with Crippen molar-refractivity contribution in [3.8, 4) is 0 Å². The van der Waals surface area contributed by atoms with Crippen LogP contribution in [0, 0.1) is 6.92 Å². The van der Waals surface area contributed by atoms with Crippen LogP contribution in [-0.2, 0) is 4.74 Å². The fraction of sp³-hybridized carbons (Fsp3) is 0.214.